The molecule has 7 heteroatoms. The molecule has 0 radical (unpaired) electrons. The smallest absolute Gasteiger partial charge is 0.340 e. The van der Waals surface area contributed by atoms with Crippen molar-refractivity contribution in [2.24, 2.45) is 0 Å². The van der Waals surface area contributed by atoms with Gasteiger partial charge in [-0.2, -0.15) is 4.37 Å². The van der Waals surface area contributed by atoms with Crippen molar-refractivity contribution in [2.45, 2.75) is 6.92 Å². The van der Waals surface area contributed by atoms with Crippen molar-refractivity contribution in [3.63, 3.8) is 0 Å². The average molecular weight is 267 g/mol. The van der Waals surface area contributed by atoms with Crippen molar-refractivity contribution in [1.29, 1.82) is 0 Å². The number of nitrogens with zero attached hydrogens (tertiary/aromatic N) is 2. The Bertz CT molecular complexity index is 504. The molecule has 0 saturated heterocycles. The zero-order chi connectivity index (χ0) is 13.7. The van der Waals surface area contributed by atoms with Crippen molar-refractivity contribution < 1.29 is 14.7 Å². The zero-order valence-electron chi connectivity index (χ0n) is 10.1. The standard InChI is InChI=1S/C11H13N3O3S/c1-4-5-12-6-8(15)14(3)10-9(11(16)17)7(2)13-18-10/h1,12H,5-6H2,2-3H3,(H,16,17). The van der Waals surface area contributed by atoms with Crippen LogP contribution in [0.1, 0.15) is 16.1 Å². The van der Waals surface area contributed by atoms with Crippen LogP contribution >= 0.6 is 11.5 Å². The second kappa shape index (κ2) is 6.14. The van der Waals surface area contributed by atoms with Crippen LogP contribution < -0.4 is 10.2 Å². The number of hydrogen-bond acceptors (Lipinski definition) is 5. The molecule has 0 aliphatic carbocycles. The largest absolute Gasteiger partial charge is 0.478 e. The van der Waals surface area contributed by atoms with Crippen LogP contribution in [0.5, 0.6) is 0 Å². The number of anilines is 1. The van der Waals surface area contributed by atoms with Gasteiger partial charge in [-0.1, -0.05) is 5.92 Å². The van der Waals surface area contributed by atoms with Gasteiger partial charge in [0.2, 0.25) is 5.91 Å². The number of carbonyl (C=O) groups excluding carboxylic acids is 1. The van der Waals surface area contributed by atoms with E-state index in [0.29, 0.717) is 10.7 Å². The highest BCUT2D eigenvalue weighted by atomic mass is 32.1. The highest BCUT2D eigenvalue weighted by molar-refractivity contribution is 7.11. The Labute approximate surface area is 109 Å². The van der Waals surface area contributed by atoms with Gasteiger partial charge >= 0.3 is 5.97 Å². The van der Waals surface area contributed by atoms with Crippen LogP contribution in [0.15, 0.2) is 0 Å². The first-order valence-corrected chi connectivity index (χ1v) is 5.86. The minimum absolute atomic E-state index is 0.0523. The van der Waals surface area contributed by atoms with Gasteiger partial charge in [0.25, 0.3) is 0 Å². The summed E-state index contributed by atoms with van der Waals surface area (Å²) in [7, 11) is 1.51. The first-order valence-electron chi connectivity index (χ1n) is 5.09. The predicted octanol–water partition coefficient (Wildman–Crippen LogP) is 0.335. The number of terminal acetylenes is 1. The lowest BCUT2D eigenvalue weighted by atomic mass is 10.2. The van der Waals surface area contributed by atoms with Crippen LogP contribution in [0.4, 0.5) is 5.00 Å². The highest BCUT2D eigenvalue weighted by Crippen LogP contribution is 2.27. The van der Waals surface area contributed by atoms with E-state index in [9.17, 15) is 9.59 Å². The number of carboxylic acid groups (broad SMARTS) is 1. The van der Waals surface area contributed by atoms with Gasteiger partial charge in [0.15, 0.2) is 0 Å². The molecule has 1 aromatic heterocycles. The molecule has 0 atom stereocenters. The molecule has 0 bridgehead atoms. The van der Waals surface area contributed by atoms with Crippen LogP contribution in [0.25, 0.3) is 0 Å². The van der Waals surface area contributed by atoms with Crippen LogP contribution in [0.2, 0.25) is 0 Å². The number of amides is 1. The third kappa shape index (κ3) is 3.06. The maximum absolute atomic E-state index is 11.8. The lowest BCUT2D eigenvalue weighted by Gasteiger charge is -2.15. The highest BCUT2D eigenvalue weighted by Gasteiger charge is 2.23. The van der Waals surface area contributed by atoms with Crippen molar-refractivity contribution in [3.8, 4) is 12.3 Å². The topological polar surface area (TPSA) is 82.5 Å². The van der Waals surface area contributed by atoms with Gasteiger partial charge in [0.1, 0.15) is 10.6 Å². The van der Waals surface area contributed by atoms with E-state index >= 15 is 0 Å². The predicted molar refractivity (Wildman–Crippen MR) is 68.9 cm³/mol. The van der Waals surface area contributed by atoms with E-state index in [0.717, 1.165) is 11.5 Å². The summed E-state index contributed by atoms with van der Waals surface area (Å²) in [5.74, 6) is 0.992. The summed E-state index contributed by atoms with van der Waals surface area (Å²) in [5, 5.41) is 12.1. The van der Waals surface area contributed by atoms with Crippen molar-refractivity contribution in [3.05, 3.63) is 11.3 Å². The summed E-state index contributed by atoms with van der Waals surface area (Å²) in [6.07, 6.45) is 5.05. The van der Waals surface area contributed by atoms with Gasteiger partial charge in [-0.05, 0) is 18.5 Å². The van der Waals surface area contributed by atoms with Crippen LogP contribution in [-0.2, 0) is 4.79 Å². The van der Waals surface area contributed by atoms with Crippen LogP contribution in [0, 0.1) is 19.3 Å². The minimum Gasteiger partial charge on any atom is -0.478 e. The van der Waals surface area contributed by atoms with Gasteiger partial charge in [-0.15, -0.1) is 6.42 Å². The first-order chi connectivity index (χ1) is 8.49. The molecule has 0 aliphatic rings. The summed E-state index contributed by atoms with van der Waals surface area (Å²) in [6.45, 7) is 1.93. The molecule has 6 nitrogen and oxygen atoms in total. The number of aryl methyl sites for hydroxylation is 1. The molecule has 2 N–H and O–H groups in total. The Morgan fingerprint density at radius 1 is 1.61 bits per heavy atom. The van der Waals surface area contributed by atoms with E-state index in [-0.39, 0.29) is 24.6 Å². The number of aromatic carboxylic acids is 1. The number of hydrogen-bond donors (Lipinski definition) is 2. The van der Waals surface area contributed by atoms with E-state index in [1.54, 1.807) is 6.92 Å². The molecule has 96 valence electrons. The number of aromatic nitrogens is 1. The molecule has 1 rings (SSSR count). The Balaban J connectivity index is 2.84. The Kier molecular flexibility index (Phi) is 4.83. The van der Waals surface area contributed by atoms with E-state index in [1.165, 1.54) is 11.9 Å². The normalized spacial score (nSPS) is 9.83. The van der Waals surface area contributed by atoms with Gasteiger partial charge in [0.05, 0.1) is 18.8 Å². The summed E-state index contributed by atoms with van der Waals surface area (Å²) < 4.78 is 3.95. The molecule has 1 amide bonds. The van der Waals surface area contributed by atoms with Crippen molar-refractivity contribution in [2.75, 3.05) is 25.0 Å². The Hall–Kier alpha value is -1.91. The molecule has 0 saturated carbocycles. The maximum Gasteiger partial charge on any atom is 0.340 e. The van der Waals surface area contributed by atoms with E-state index in [1.807, 2.05) is 0 Å². The number of rotatable bonds is 5. The van der Waals surface area contributed by atoms with Crippen molar-refractivity contribution >= 4 is 28.4 Å². The number of nitrogens with one attached hydrogen (secondary N) is 1. The molecule has 1 heterocycles. The summed E-state index contributed by atoms with van der Waals surface area (Å²) >= 11 is 0.986. The molecular weight excluding hydrogens is 254 g/mol. The Morgan fingerprint density at radius 2 is 2.28 bits per heavy atom. The van der Waals surface area contributed by atoms with Gasteiger partial charge in [0, 0.05) is 7.05 Å². The fourth-order valence-electron chi connectivity index (χ4n) is 1.31. The van der Waals surface area contributed by atoms with E-state index in [4.69, 9.17) is 11.5 Å². The number of carbonyl (C=O) groups is 2. The number of carboxylic acids is 1. The van der Waals surface area contributed by atoms with E-state index in [2.05, 4.69) is 15.6 Å². The molecule has 18 heavy (non-hydrogen) atoms. The van der Waals surface area contributed by atoms with Gasteiger partial charge in [-0.3, -0.25) is 10.1 Å². The van der Waals surface area contributed by atoms with Crippen LogP contribution in [-0.4, -0.2) is 41.5 Å². The van der Waals surface area contributed by atoms with Crippen LogP contribution in [0.3, 0.4) is 0 Å². The zero-order valence-corrected chi connectivity index (χ0v) is 10.9. The van der Waals surface area contributed by atoms with E-state index < -0.39 is 5.97 Å². The summed E-state index contributed by atoms with van der Waals surface area (Å²) in [6, 6.07) is 0. The second-order valence-electron chi connectivity index (χ2n) is 3.51. The lowest BCUT2D eigenvalue weighted by molar-refractivity contribution is -0.117. The van der Waals surface area contributed by atoms with Crippen molar-refractivity contribution in [1.82, 2.24) is 9.69 Å². The molecule has 0 fully saturated rings. The third-order valence-corrected chi connectivity index (χ3v) is 3.26. The molecule has 0 aromatic carbocycles. The molecular formula is C11H13N3O3S. The summed E-state index contributed by atoms with van der Waals surface area (Å²) in [4.78, 5) is 24.1. The average Bonchev–Trinajstić information content (AvgIpc) is 2.70. The molecule has 0 spiro atoms. The fraction of sp³-hybridized carbons (Fsp3) is 0.364. The quantitative estimate of drug-likeness (QED) is 0.593. The SMILES string of the molecule is C#CCNCC(=O)N(C)c1snc(C)c1C(=O)O. The van der Waals surface area contributed by atoms with Gasteiger partial charge in [-0.25, -0.2) is 4.79 Å². The molecule has 0 aliphatic heterocycles. The maximum atomic E-state index is 11.8. The monoisotopic (exact) mass is 267 g/mol. The second-order valence-corrected chi connectivity index (χ2v) is 4.27. The lowest BCUT2D eigenvalue weighted by Crippen LogP contribution is -2.36. The molecule has 1 aromatic rings. The summed E-state index contributed by atoms with van der Waals surface area (Å²) in [5.41, 5.74) is 0.464. The fourth-order valence-corrected chi connectivity index (χ4v) is 2.17. The molecule has 0 unspecified atom stereocenters. The minimum atomic E-state index is -1.09. The number of likely N-dealkylation sites (N-methyl/N-ethyl adjacent to an activating group) is 1. The third-order valence-electron chi connectivity index (χ3n) is 2.24. The Morgan fingerprint density at radius 3 is 2.83 bits per heavy atom. The van der Waals surface area contributed by atoms with Gasteiger partial charge < -0.3 is 10.0 Å². The first kappa shape index (κ1) is 14.2.